The van der Waals surface area contributed by atoms with E-state index in [1.807, 2.05) is 91.0 Å². The van der Waals surface area contributed by atoms with Gasteiger partial charge in [0.25, 0.3) is 0 Å². The number of hydrogen-bond donors (Lipinski definition) is 3. The third-order valence-electron chi connectivity index (χ3n) is 13.3. The topological polar surface area (TPSA) is 165 Å². The number of aliphatic hydroxyl groups is 2. The quantitative estimate of drug-likeness (QED) is 0.0435. The molecule has 10 unspecified atom stereocenters. The van der Waals surface area contributed by atoms with Gasteiger partial charge < -0.3 is 49.1 Å². The minimum Gasteiger partial charge on any atom is -0.459 e. The smallest absolute Gasteiger partial charge is 0.338 e. The number of esters is 2. The second-order valence-corrected chi connectivity index (χ2v) is 17.6. The molecule has 1 saturated heterocycles. The molecule has 0 spiro atoms. The van der Waals surface area contributed by atoms with Crippen molar-refractivity contribution in [1.29, 1.82) is 0 Å². The lowest BCUT2D eigenvalue weighted by atomic mass is 9.43. The first-order valence-electron chi connectivity index (χ1n) is 23.1. The fourth-order valence-corrected chi connectivity index (χ4v) is 9.91. The summed E-state index contributed by atoms with van der Waals surface area (Å²) in [5.74, 6) is -1.94. The van der Waals surface area contributed by atoms with E-state index in [1.54, 1.807) is 60.7 Å². The summed E-state index contributed by atoms with van der Waals surface area (Å²) in [6.07, 6.45) is -4.06. The van der Waals surface area contributed by atoms with Crippen molar-refractivity contribution in [3.63, 3.8) is 0 Å². The minimum atomic E-state index is -1.57. The van der Waals surface area contributed by atoms with Crippen LogP contribution in [-0.2, 0) is 46.4 Å². The molecule has 348 valence electrons. The van der Waals surface area contributed by atoms with Gasteiger partial charge in [0, 0.05) is 29.4 Å². The molecular formula is C54H61NO11. The van der Waals surface area contributed by atoms with Gasteiger partial charge in [-0.1, -0.05) is 127 Å². The van der Waals surface area contributed by atoms with Gasteiger partial charge in [0.2, 0.25) is 0 Å². The minimum absolute atomic E-state index is 0.0685. The number of aliphatic hydroxyl groups excluding tert-OH is 2. The molecule has 4 fully saturated rings. The standard InChI is InChI=1S/C54H61NO11/c55-29-17-6-18-30-60-50-42-31-54(50,43-35-64-53(66-47(43)46(42)57)41-27-15-5-16-28-41)32-45(61-33-37-19-7-1-8-20-37)49(62-34-38-21-9-2-10-22-38)48(65-52(59)40-25-13-4-14-26-40)44(56)36-63-51(58)39-23-11-3-12-24-39/h1-5,7-16,19-28,42-50,53,56-57H,6,17-18,29-36,55H2/t42?,43?,44?,45-,46?,47?,48?,49?,50?,53?,54?/m1/s1. The molecule has 5 aromatic rings. The lowest BCUT2D eigenvalue weighted by Gasteiger charge is -2.68. The zero-order chi connectivity index (χ0) is 45.7. The molecule has 5 aromatic carbocycles. The molecule has 0 radical (unpaired) electrons. The van der Waals surface area contributed by atoms with Crippen molar-refractivity contribution in [2.45, 2.75) is 94.3 Å². The maximum Gasteiger partial charge on any atom is 0.338 e. The van der Waals surface area contributed by atoms with E-state index in [0.29, 0.717) is 25.1 Å². The average Bonchev–Trinajstić information content (AvgIpc) is 3.37. The average molecular weight is 900 g/mol. The summed E-state index contributed by atoms with van der Waals surface area (Å²) in [5.41, 5.74) is 8.30. The Hall–Kier alpha value is -5.28. The summed E-state index contributed by atoms with van der Waals surface area (Å²) >= 11 is 0. The van der Waals surface area contributed by atoms with E-state index in [1.165, 1.54) is 0 Å². The highest BCUT2D eigenvalue weighted by Crippen LogP contribution is 2.65. The number of hydrogen-bond acceptors (Lipinski definition) is 12. The van der Waals surface area contributed by atoms with Crippen LogP contribution in [0.5, 0.6) is 0 Å². The predicted octanol–water partition coefficient (Wildman–Crippen LogP) is 7.62. The van der Waals surface area contributed by atoms with Crippen molar-refractivity contribution < 1.29 is 53.0 Å². The Morgan fingerprint density at radius 3 is 1.91 bits per heavy atom. The van der Waals surface area contributed by atoms with Crippen molar-refractivity contribution in [2.75, 3.05) is 26.4 Å². The summed E-state index contributed by atoms with van der Waals surface area (Å²) in [6.45, 7) is 1.03. The summed E-state index contributed by atoms with van der Waals surface area (Å²) < 4.78 is 46.1. The fraction of sp³-hybridized carbons (Fsp3) is 0.407. The Labute approximate surface area is 386 Å². The van der Waals surface area contributed by atoms with Gasteiger partial charge in [-0.3, -0.25) is 0 Å². The largest absolute Gasteiger partial charge is 0.459 e. The van der Waals surface area contributed by atoms with Gasteiger partial charge in [-0.25, -0.2) is 9.59 Å². The van der Waals surface area contributed by atoms with Crippen LogP contribution in [-0.4, -0.2) is 91.2 Å². The number of benzene rings is 5. The highest BCUT2D eigenvalue weighted by molar-refractivity contribution is 5.90. The summed E-state index contributed by atoms with van der Waals surface area (Å²) in [5, 5.41) is 24.4. The Bertz CT molecular complexity index is 2240. The SMILES string of the molecule is NCCCCCOC1C2CC1(C[C@@H](OCc1ccccc1)C(OCc1ccccc1)C(OC(=O)c1ccccc1)C(O)COC(=O)c1ccccc1)C1COC(c3ccccc3)OC1C2O. The molecule has 66 heavy (non-hydrogen) atoms. The van der Waals surface area contributed by atoms with Crippen molar-refractivity contribution in [2.24, 2.45) is 23.0 Å². The monoisotopic (exact) mass is 899 g/mol. The van der Waals surface area contributed by atoms with E-state index >= 15 is 0 Å². The number of rotatable bonds is 23. The van der Waals surface area contributed by atoms with Gasteiger partial charge in [-0.05, 0) is 74.0 Å². The van der Waals surface area contributed by atoms with Crippen LogP contribution in [0.1, 0.15) is 75.8 Å². The Kier molecular flexibility index (Phi) is 16.4. The molecule has 0 amide bonds. The first-order valence-corrected chi connectivity index (χ1v) is 23.1. The molecule has 12 heteroatoms. The Balaban J connectivity index is 1.18. The molecule has 12 nitrogen and oxygen atoms in total. The third-order valence-corrected chi connectivity index (χ3v) is 13.3. The lowest BCUT2D eigenvalue weighted by Crippen LogP contribution is -2.74. The van der Waals surface area contributed by atoms with E-state index in [2.05, 4.69) is 0 Å². The van der Waals surface area contributed by atoms with Crippen LogP contribution in [0, 0.1) is 17.3 Å². The highest BCUT2D eigenvalue weighted by atomic mass is 16.7. The van der Waals surface area contributed by atoms with Gasteiger partial charge in [0.05, 0.1) is 55.4 Å². The fourth-order valence-electron chi connectivity index (χ4n) is 9.91. The Morgan fingerprint density at radius 1 is 0.712 bits per heavy atom. The van der Waals surface area contributed by atoms with E-state index < -0.39 is 73.0 Å². The van der Waals surface area contributed by atoms with Crippen LogP contribution in [0.3, 0.4) is 0 Å². The molecule has 2 bridgehead atoms. The van der Waals surface area contributed by atoms with E-state index in [4.69, 9.17) is 38.9 Å². The van der Waals surface area contributed by atoms with E-state index in [-0.39, 0.29) is 43.6 Å². The molecule has 3 aliphatic carbocycles. The third kappa shape index (κ3) is 11.3. The highest BCUT2D eigenvalue weighted by Gasteiger charge is 2.70. The van der Waals surface area contributed by atoms with Crippen LogP contribution >= 0.6 is 0 Å². The number of carbonyl (C=O) groups is 2. The van der Waals surface area contributed by atoms with Gasteiger partial charge in [0.15, 0.2) is 12.4 Å². The van der Waals surface area contributed by atoms with E-state index in [0.717, 1.165) is 36.0 Å². The van der Waals surface area contributed by atoms with Crippen LogP contribution in [0.15, 0.2) is 152 Å². The van der Waals surface area contributed by atoms with Crippen LogP contribution in [0.2, 0.25) is 0 Å². The number of unbranched alkanes of at least 4 members (excludes halogenated alkanes) is 2. The number of nitrogens with two attached hydrogens (primary N) is 1. The van der Waals surface area contributed by atoms with Crippen molar-refractivity contribution in [3.05, 3.63) is 179 Å². The maximum atomic E-state index is 14.2. The van der Waals surface area contributed by atoms with Crippen LogP contribution in [0.25, 0.3) is 0 Å². The lowest BCUT2D eigenvalue weighted by molar-refractivity contribution is -0.365. The maximum absolute atomic E-state index is 14.2. The van der Waals surface area contributed by atoms with Crippen LogP contribution < -0.4 is 5.73 Å². The zero-order valence-corrected chi connectivity index (χ0v) is 37.1. The second-order valence-electron chi connectivity index (χ2n) is 17.6. The number of carbonyl (C=O) groups excluding carboxylic acids is 2. The van der Waals surface area contributed by atoms with Crippen LogP contribution in [0.4, 0.5) is 0 Å². The molecule has 4 aliphatic rings. The first-order chi connectivity index (χ1) is 32.3. The molecule has 11 atom stereocenters. The first kappa shape index (κ1) is 47.2. The summed E-state index contributed by atoms with van der Waals surface area (Å²) in [7, 11) is 0. The Morgan fingerprint density at radius 2 is 1.29 bits per heavy atom. The van der Waals surface area contributed by atoms with E-state index in [9.17, 15) is 19.8 Å². The molecular weight excluding hydrogens is 839 g/mol. The zero-order valence-electron chi connectivity index (χ0n) is 37.1. The molecule has 9 rings (SSSR count). The molecule has 1 aliphatic heterocycles. The summed E-state index contributed by atoms with van der Waals surface area (Å²) in [6, 6.07) is 46.0. The van der Waals surface area contributed by atoms with Crippen molar-refractivity contribution in [3.8, 4) is 0 Å². The molecule has 1 heterocycles. The predicted molar refractivity (Wildman–Crippen MR) is 246 cm³/mol. The normalized spacial score (nSPS) is 25.0. The van der Waals surface area contributed by atoms with Crippen molar-refractivity contribution >= 4 is 11.9 Å². The molecule has 4 N–H and O–H groups in total. The molecule has 0 aromatic heterocycles. The summed E-state index contributed by atoms with van der Waals surface area (Å²) in [4.78, 5) is 27.4. The van der Waals surface area contributed by atoms with Gasteiger partial charge in [0.1, 0.15) is 18.8 Å². The van der Waals surface area contributed by atoms with Gasteiger partial charge in [-0.15, -0.1) is 0 Å². The number of ether oxygens (including phenoxy) is 7. The second kappa shape index (κ2) is 23.0. The van der Waals surface area contributed by atoms with Crippen molar-refractivity contribution in [1.82, 2.24) is 0 Å². The van der Waals surface area contributed by atoms with Gasteiger partial charge in [-0.2, -0.15) is 0 Å². The molecule has 3 saturated carbocycles. The van der Waals surface area contributed by atoms with Gasteiger partial charge >= 0.3 is 11.9 Å².